The molecule has 9 nitrogen and oxygen atoms in total. The number of non-ortho nitro benzene ring substituents is 1. The third-order valence-electron chi connectivity index (χ3n) is 4.04. The van der Waals surface area contributed by atoms with Crippen molar-refractivity contribution in [2.24, 2.45) is 0 Å². The van der Waals surface area contributed by atoms with Crippen molar-refractivity contribution in [3.8, 4) is 11.5 Å². The van der Waals surface area contributed by atoms with Crippen molar-refractivity contribution >= 4 is 17.4 Å². The van der Waals surface area contributed by atoms with E-state index < -0.39 is 4.92 Å². The summed E-state index contributed by atoms with van der Waals surface area (Å²) >= 11 is 1.32. The van der Waals surface area contributed by atoms with Gasteiger partial charge in [-0.05, 0) is 24.6 Å². The van der Waals surface area contributed by atoms with Crippen molar-refractivity contribution in [3.63, 3.8) is 0 Å². The van der Waals surface area contributed by atoms with Crippen LogP contribution in [-0.2, 0) is 6.42 Å². The maximum atomic E-state index is 10.8. The molecule has 0 saturated carbocycles. The maximum Gasteiger partial charge on any atom is 0.277 e. The molecule has 10 heteroatoms. The number of thioether (sulfide) groups is 1. The molecule has 0 N–H and O–H groups in total. The van der Waals surface area contributed by atoms with E-state index in [1.165, 1.54) is 23.9 Å². The van der Waals surface area contributed by atoms with Crippen LogP contribution in [0.1, 0.15) is 29.5 Å². The highest BCUT2D eigenvalue weighted by Crippen LogP contribution is 2.34. The van der Waals surface area contributed by atoms with E-state index in [9.17, 15) is 10.1 Å². The maximum absolute atomic E-state index is 10.8. The molecule has 0 aliphatic heterocycles. The van der Waals surface area contributed by atoms with Gasteiger partial charge in [0.05, 0.1) is 16.6 Å². The summed E-state index contributed by atoms with van der Waals surface area (Å²) in [6.45, 7) is 1.89. The van der Waals surface area contributed by atoms with Crippen LogP contribution in [0, 0.1) is 10.1 Å². The largest absolute Gasteiger partial charge is 0.419 e. The average molecular weight is 409 g/mol. The summed E-state index contributed by atoms with van der Waals surface area (Å²) in [5.41, 5.74) is 1.69. The van der Waals surface area contributed by atoms with Crippen LogP contribution in [0.15, 0.2) is 68.7 Å². The standard InChI is InChI=1S/C19H15N5O4S/c1-12(29-19-23-20-16(27-19)11-13-5-3-2-4-6-13)17-21-22-18(28-17)14-7-9-15(10-8-14)24(25)26/h2-10,12H,11H2,1H3. The predicted octanol–water partition coefficient (Wildman–Crippen LogP) is 4.47. The zero-order valence-electron chi connectivity index (χ0n) is 15.3. The molecular weight excluding hydrogens is 394 g/mol. The van der Waals surface area contributed by atoms with Gasteiger partial charge in [-0.2, -0.15) is 0 Å². The first kappa shape index (κ1) is 18.8. The molecule has 1 unspecified atom stereocenters. The lowest BCUT2D eigenvalue weighted by atomic mass is 10.2. The molecule has 1 atom stereocenters. The summed E-state index contributed by atoms with van der Waals surface area (Å²) in [5, 5.41) is 27.2. The Morgan fingerprint density at radius 3 is 2.48 bits per heavy atom. The topological polar surface area (TPSA) is 121 Å². The van der Waals surface area contributed by atoms with Gasteiger partial charge in [-0.3, -0.25) is 10.1 Å². The molecule has 0 fully saturated rings. The molecule has 29 heavy (non-hydrogen) atoms. The molecule has 0 saturated heterocycles. The summed E-state index contributed by atoms with van der Waals surface area (Å²) in [5.74, 6) is 1.21. The fourth-order valence-electron chi connectivity index (χ4n) is 2.57. The van der Waals surface area contributed by atoms with Crippen LogP contribution in [-0.4, -0.2) is 25.3 Å². The van der Waals surface area contributed by atoms with E-state index in [1.807, 2.05) is 37.3 Å². The zero-order valence-corrected chi connectivity index (χ0v) is 16.1. The minimum absolute atomic E-state index is 0.000105. The van der Waals surface area contributed by atoms with Crippen LogP contribution >= 0.6 is 11.8 Å². The lowest BCUT2D eigenvalue weighted by molar-refractivity contribution is -0.384. The Morgan fingerprint density at radius 2 is 1.76 bits per heavy atom. The predicted molar refractivity (Wildman–Crippen MR) is 104 cm³/mol. The molecule has 146 valence electrons. The molecule has 0 amide bonds. The van der Waals surface area contributed by atoms with Crippen LogP contribution in [0.2, 0.25) is 0 Å². The van der Waals surface area contributed by atoms with E-state index in [0.29, 0.717) is 29.0 Å². The number of rotatable bonds is 7. The Hall–Kier alpha value is -3.53. The van der Waals surface area contributed by atoms with E-state index in [0.717, 1.165) is 5.56 Å². The van der Waals surface area contributed by atoms with Gasteiger partial charge in [0.1, 0.15) is 0 Å². The second-order valence-electron chi connectivity index (χ2n) is 6.13. The van der Waals surface area contributed by atoms with Gasteiger partial charge in [0, 0.05) is 17.7 Å². The molecule has 0 aliphatic rings. The van der Waals surface area contributed by atoms with Gasteiger partial charge in [0.15, 0.2) is 0 Å². The molecule has 2 aromatic heterocycles. The Labute approximate surface area is 169 Å². The second kappa shape index (κ2) is 8.23. The first-order valence-corrected chi connectivity index (χ1v) is 9.57. The number of nitro benzene ring substituents is 1. The second-order valence-corrected chi connectivity index (χ2v) is 7.43. The number of hydrogen-bond donors (Lipinski definition) is 0. The van der Waals surface area contributed by atoms with Crippen LogP contribution in [0.25, 0.3) is 11.5 Å². The van der Waals surface area contributed by atoms with Gasteiger partial charge < -0.3 is 8.83 Å². The molecule has 0 bridgehead atoms. The molecule has 4 rings (SSSR count). The summed E-state index contributed by atoms with van der Waals surface area (Å²) in [7, 11) is 0. The van der Waals surface area contributed by atoms with Crippen molar-refractivity contribution in [2.45, 2.75) is 23.8 Å². The van der Waals surface area contributed by atoms with Gasteiger partial charge in [-0.25, -0.2) is 0 Å². The molecule has 0 radical (unpaired) electrons. The van der Waals surface area contributed by atoms with Gasteiger partial charge in [0.2, 0.25) is 17.7 Å². The van der Waals surface area contributed by atoms with Crippen molar-refractivity contribution < 1.29 is 13.8 Å². The van der Waals surface area contributed by atoms with Gasteiger partial charge in [0.25, 0.3) is 10.9 Å². The monoisotopic (exact) mass is 409 g/mol. The van der Waals surface area contributed by atoms with Crippen molar-refractivity contribution in [1.29, 1.82) is 0 Å². The summed E-state index contributed by atoms with van der Waals surface area (Å²) in [6, 6.07) is 15.8. The van der Waals surface area contributed by atoms with Gasteiger partial charge >= 0.3 is 0 Å². The normalized spacial score (nSPS) is 12.0. The Morgan fingerprint density at radius 1 is 1.00 bits per heavy atom. The van der Waals surface area contributed by atoms with E-state index in [-0.39, 0.29) is 16.8 Å². The molecule has 0 spiro atoms. The Bertz CT molecular complexity index is 1110. The van der Waals surface area contributed by atoms with Crippen molar-refractivity contribution in [2.75, 3.05) is 0 Å². The number of nitrogens with zero attached hydrogens (tertiary/aromatic N) is 5. The van der Waals surface area contributed by atoms with Gasteiger partial charge in [-0.1, -0.05) is 42.1 Å². The number of benzene rings is 2. The van der Waals surface area contributed by atoms with Crippen LogP contribution in [0.3, 0.4) is 0 Å². The fraction of sp³-hybridized carbons (Fsp3) is 0.158. The van der Waals surface area contributed by atoms with E-state index >= 15 is 0 Å². The minimum Gasteiger partial charge on any atom is -0.419 e. The highest BCUT2D eigenvalue weighted by molar-refractivity contribution is 7.99. The van der Waals surface area contributed by atoms with Crippen molar-refractivity contribution in [1.82, 2.24) is 20.4 Å². The smallest absolute Gasteiger partial charge is 0.277 e. The van der Waals surface area contributed by atoms with Crippen LogP contribution < -0.4 is 0 Å². The number of hydrogen-bond acceptors (Lipinski definition) is 9. The molecular formula is C19H15N5O4S. The fourth-order valence-corrected chi connectivity index (χ4v) is 3.30. The number of nitro groups is 1. The average Bonchev–Trinajstić information content (AvgIpc) is 3.39. The first-order valence-electron chi connectivity index (χ1n) is 8.69. The third-order valence-corrected chi connectivity index (χ3v) is 4.96. The zero-order chi connectivity index (χ0) is 20.2. The summed E-state index contributed by atoms with van der Waals surface area (Å²) < 4.78 is 11.4. The highest BCUT2D eigenvalue weighted by atomic mass is 32.2. The molecule has 2 heterocycles. The third kappa shape index (κ3) is 4.49. The lowest BCUT2D eigenvalue weighted by Gasteiger charge is -2.01. The van der Waals surface area contributed by atoms with Crippen LogP contribution in [0.5, 0.6) is 0 Å². The minimum atomic E-state index is -0.460. The van der Waals surface area contributed by atoms with E-state index in [2.05, 4.69) is 20.4 Å². The number of aromatic nitrogens is 4. The van der Waals surface area contributed by atoms with E-state index in [4.69, 9.17) is 8.83 Å². The lowest BCUT2D eigenvalue weighted by Crippen LogP contribution is -1.88. The van der Waals surface area contributed by atoms with E-state index in [1.54, 1.807) is 12.1 Å². The molecule has 0 aliphatic carbocycles. The van der Waals surface area contributed by atoms with Crippen LogP contribution in [0.4, 0.5) is 5.69 Å². The SMILES string of the molecule is CC(Sc1nnc(Cc2ccccc2)o1)c1nnc(-c2ccc([N+](=O)[O-])cc2)o1. The van der Waals surface area contributed by atoms with Gasteiger partial charge in [-0.15, -0.1) is 20.4 Å². The first-order chi connectivity index (χ1) is 14.1. The quantitative estimate of drug-likeness (QED) is 0.247. The molecule has 2 aromatic carbocycles. The van der Waals surface area contributed by atoms with Crippen molar-refractivity contribution in [3.05, 3.63) is 82.1 Å². The molecule has 4 aromatic rings. The Balaban J connectivity index is 1.42. The Kier molecular flexibility index (Phi) is 5.34. The summed E-state index contributed by atoms with van der Waals surface area (Å²) in [4.78, 5) is 10.3. The highest BCUT2D eigenvalue weighted by Gasteiger charge is 2.20. The summed E-state index contributed by atoms with van der Waals surface area (Å²) in [6.07, 6.45) is 0.563.